The molecule has 4 rings (SSSR count). The highest BCUT2D eigenvalue weighted by molar-refractivity contribution is 7.16. The minimum absolute atomic E-state index is 0.00703. The van der Waals surface area contributed by atoms with Gasteiger partial charge in [-0.25, -0.2) is 0 Å². The maximum absolute atomic E-state index is 12.9. The van der Waals surface area contributed by atoms with Crippen LogP contribution in [0.4, 0.5) is 5.69 Å². The molecule has 0 aliphatic carbocycles. The summed E-state index contributed by atoms with van der Waals surface area (Å²) in [6.07, 6.45) is 0.791. The van der Waals surface area contributed by atoms with Gasteiger partial charge >= 0.3 is 0 Å². The topological polar surface area (TPSA) is 86.7 Å². The van der Waals surface area contributed by atoms with Gasteiger partial charge in [0.25, 0.3) is 11.6 Å². The van der Waals surface area contributed by atoms with Crippen LogP contribution in [0.2, 0.25) is 0 Å². The summed E-state index contributed by atoms with van der Waals surface area (Å²) in [6.45, 7) is 3.44. The van der Waals surface area contributed by atoms with E-state index in [0.717, 1.165) is 17.5 Å². The molecule has 1 amide bonds. The smallest absolute Gasteiger partial charge is 0.279 e. The van der Waals surface area contributed by atoms with Gasteiger partial charge < -0.3 is 9.30 Å². The third-order valence-electron chi connectivity index (χ3n) is 5.19. The van der Waals surface area contributed by atoms with Gasteiger partial charge in [-0.15, -0.1) is 0 Å². The lowest BCUT2D eigenvalue weighted by Gasteiger charge is -2.05. The number of benzene rings is 3. The first-order valence-electron chi connectivity index (χ1n) is 10.6. The van der Waals surface area contributed by atoms with Gasteiger partial charge in [-0.2, -0.15) is 4.99 Å². The second-order valence-electron chi connectivity index (χ2n) is 7.42. The molecule has 168 valence electrons. The van der Waals surface area contributed by atoms with Gasteiger partial charge in [0.2, 0.25) is 0 Å². The highest BCUT2D eigenvalue weighted by Crippen LogP contribution is 2.23. The van der Waals surface area contributed by atoms with E-state index in [1.54, 1.807) is 18.2 Å². The molecule has 3 aromatic carbocycles. The van der Waals surface area contributed by atoms with E-state index in [0.29, 0.717) is 34.8 Å². The molecule has 0 aliphatic heterocycles. The number of carbonyl (C=O) groups is 1. The van der Waals surface area contributed by atoms with E-state index in [9.17, 15) is 14.9 Å². The average Bonchev–Trinajstić information content (AvgIpc) is 3.16. The molecule has 7 nitrogen and oxygen atoms in total. The molecule has 0 spiro atoms. The standard InChI is InChI=1S/C25H23N3O4S/c1-2-32-15-14-27-22-13-12-21(28(30)31)17-23(22)33-25(27)26-24(29)20-10-8-19(9-11-20)16-18-6-4-3-5-7-18/h3-13,17H,2,14-16H2,1H3. The van der Waals surface area contributed by atoms with Crippen molar-refractivity contribution in [3.05, 3.63) is 104 Å². The lowest BCUT2D eigenvalue weighted by molar-refractivity contribution is -0.384. The third-order valence-corrected chi connectivity index (χ3v) is 6.23. The maximum Gasteiger partial charge on any atom is 0.279 e. The molecule has 33 heavy (non-hydrogen) atoms. The minimum atomic E-state index is -0.428. The fraction of sp³-hybridized carbons (Fsp3) is 0.200. The molecule has 0 radical (unpaired) electrons. The second-order valence-corrected chi connectivity index (χ2v) is 8.43. The Hall–Kier alpha value is -3.62. The SMILES string of the molecule is CCOCCn1c(=NC(=O)c2ccc(Cc3ccccc3)cc2)sc2cc([N+](=O)[O-])ccc21. The van der Waals surface area contributed by atoms with Crippen molar-refractivity contribution in [2.24, 2.45) is 4.99 Å². The lowest BCUT2D eigenvalue weighted by atomic mass is 10.0. The Morgan fingerprint density at radius 1 is 1.06 bits per heavy atom. The quantitative estimate of drug-likeness (QED) is 0.210. The Morgan fingerprint density at radius 2 is 1.79 bits per heavy atom. The van der Waals surface area contributed by atoms with Crippen LogP contribution in [0.25, 0.3) is 10.2 Å². The molecule has 0 aliphatic rings. The molecule has 0 atom stereocenters. The molecule has 0 saturated heterocycles. The van der Waals surface area contributed by atoms with Crippen molar-refractivity contribution in [1.29, 1.82) is 0 Å². The van der Waals surface area contributed by atoms with E-state index in [4.69, 9.17) is 4.74 Å². The van der Waals surface area contributed by atoms with Gasteiger partial charge in [0.05, 0.1) is 21.7 Å². The van der Waals surface area contributed by atoms with Crippen molar-refractivity contribution in [1.82, 2.24) is 4.57 Å². The van der Waals surface area contributed by atoms with Crippen molar-refractivity contribution in [2.45, 2.75) is 19.9 Å². The molecule has 0 N–H and O–H groups in total. The second kappa shape index (κ2) is 10.3. The molecule has 1 heterocycles. The first-order chi connectivity index (χ1) is 16.0. The molecule has 1 aromatic heterocycles. The summed E-state index contributed by atoms with van der Waals surface area (Å²) < 4.78 is 8.05. The van der Waals surface area contributed by atoms with E-state index in [2.05, 4.69) is 17.1 Å². The number of fused-ring (bicyclic) bond motifs is 1. The Kier molecular flexibility index (Phi) is 7.07. The van der Waals surface area contributed by atoms with E-state index < -0.39 is 4.92 Å². The number of nitrogens with zero attached hydrogens (tertiary/aromatic N) is 3. The van der Waals surface area contributed by atoms with E-state index in [-0.39, 0.29) is 11.6 Å². The van der Waals surface area contributed by atoms with E-state index in [1.165, 1.54) is 29.0 Å². The van der Waals surface area contributed by atoms with Crippen molar-refractivity contribution in [3.63, 3.8) is 0 Å². The van der Waals surface area contributed by atoms with Crippen LogP contribution in [0.5, 0.6) is 0 Å². The van der Waals surface area contributed by atoms with Crippen LogP contribution in [0.1, 0.15) is 28.4 Å². The number of nitro groups is 1. The molecule has 0 saturated carbocycles. The number of rotatable bonds is 8. The summed E-state index contributed by atoms with van der Waals surface area (Å²) in [5.41, 5.74) is 3.60. The number of non-ortho nitro benzene ring substituents is 1. The number of carbonyl (C=O) groups excluding carboxylic acids is 1. The number of nitro benzene ring substituents is 1. The number of ether oxygens (including phenoxy) is 1. The van der Waals surface area contributed by atoms with Crippen LogP contribution in [0.3, 0.4) is 0 Å². The van der Waals surface area contributed by atoms with Crippen LogP contribution in [0.15, 0.2) is 77.8 Å². The molecule has 0 fully saturated rings. The Morgan fingerprint density at radius 3 is 2.48 bits per heavy atom. The predicted molar refractivity (Wildman–Crippen MR) is 129 cm³/mol. The Bertz CT molecular complexity index is 1340. The van der Waals surface area contributed by atoms with Crippen molar-refractivity contribution in [2.75, 3.05) is 13.2 Å². The number of aromatic nitrogens is 1. The first kappa shape index (κ1) is 22.6. The van der Waals surface area contributed by atoms with Crippen LogP contribution in [0, 0.1) is 10.1 Å². The molecule has 8 heteroatoms. The highest BCUT2D eigenvalue weighted by Gasteiger charge is 2.13. The highest BCUT2D eigenvalue weighted by atomic mass is 32.1. The normalized spacial score (nSPS) is 11.7. The van der Waals surface area contributed by atoms with Crippen LogP contribution >= 0.6 is 11.3 Å². The average molecular weight is 462 g/mol. The van der Waals surface area contributed by atoms with E-state index >= 15 is 0 Å². The first-order valence-corrected chi connectivity index (χ1v) is 11.4. The molecular formula is C25H23N3O4S. The minimum Gasteiger partial charge on any atom is -0.380 e. The fourth-order valence-corrected chi connectivity index (χ4v) is 4.61. The predicted octanol–water partition coefficient (Wildman–Crippen LogP) is 4.98. The van der Waals surface area contributed by atoms with Gasteiger partial charge in [0, 0.05) is 30.8 Å². The van der Waals surface area contributed by atoms with Gasteiger partial charge in [-0.05, 0) is 42.7 Å². The van der Waals surface area contributed by atoms with Gasteiger partial charge in [0.15, 0.2) is 4.80 Å². The van der Waals surface area contributed by atoms with Gasteiger partial charge in [0.1, 0.15) is 0 Å². The van der Waals surface area contributed by atoms with Gasteiger partial charge in [-0.1, -0.05) is 53.8 Å². The molecule has 0 unspecified atom stereocenters. The van der Waals surface area contributed by atoms with Crippen molar-refractivity contribution < 1.29 is 14.5 Å². The number of hydrogen-bond acceptors (Lipinski definition) is 5. The monoisotopic (exact) mass is 461 g/mol. The third kappa shape index (κ3) is 5.42. The zero-order valence-corrected chi connectivity index (χ0v) is 19.0. The summed E-state index contributed by atoms with van der Waals surface area (Å²) in [4.78, 5) is 28.5. The Balaban J connectivity index is 1.64. The van der Waals surface area contributed by atoms with Crippen LogP contribution in [-0.4, -0.2) is 28.6 Å². The lowest BCUT2D eigenvalue weighted by Crippen LogP contribution is -2.19. The number of hydrogen-bond donors (Lipinski definition) is 0. The van der Waals surface area contributed by atoms with Gasteiger partial charge in [-0.3, -0.25) is 14.9 Å². The van der Waals surface area contributed by atoms with Crippen LogP contribution in [-0.2, 0) is 17.7 Å². The van der Waals surface area contributed by atoms with Crippen LogP contribution < -0.4 is 4.80 Å². The Labute approximate surface area is 194 Å². The summed E-state index contributed by atoms with van der Waals surface area (Å²) >= 11 is 1.26. The zero-order valence-electron chi connectivity index (χ0n) is 18.1. The number of thiazole rings is 1. The largest absolute Gasteiger partial charge is 0.380 e. The zero-order chi connectivity index (χ0) is 23.2. The summed E-state index contributed by atoms with van der Waals surface area (Å²) in [6, 6.07) is 22.3. The molecule has 4 aromatic rings. The molecule has 0 bridgehead atoms. The summed E-state index contributed by atoms with van der Waals surface area (Å²) in [7, 11) is 0. The molecular weight excluding hydrogens is 438 g/mol. The van der Waals surface area contributed by atoms with Crippen molar-refractivity contribution in [3.8, 4) is 0 Å². The fourth-order valence-electron chi connectivity index (χ4n) is 3.53. The summed E-state index contributed by atoms with van der Waals surface area (Å²) in [5.74, 6) is -0.354. The van der Waals surface area contributed by atoms with E-state index in [1.807, 2.05) is 41.8 Å². The summed E-state index contributed by atoms with van der Waals surface area (Å²) in [5, 5.41) is 11.2. The maximum atomic E-state index is 12.9. The number of amides is 1. The van der Waals surface area contributed by atoms with Crippen molar-refractivity contribution >= 4 is 33.1 Å².